The third-order valence-corrected chi connectivity index (χ3v) is 7.13. The summed E-state index contributed by atoms with van der Waals surface area (Å²) in [5.41, 5.74) is 1.47. The second-order valence-electron chi connectivity index (χ2n) is 8.60. The van der Waals surface area contributed by atoms with E-state index in [0.29, 0.717) is 12.2 Å². The average Bonchev–Trinajstić information content (AvgIpc) is 2.74. The molecule has 3 unspecified atom stereocenters. The summed E-state index contributed by atoms with van der Waals surface area (Å²) in [7, 11) is 2.41. The van der Waals surface area contributed by atoms with E-state index in [0.717, 1.165) is 41.9 Å². The first-order valence-electron chi connectivity index (χ1n) is 11.2. The van der Waals surface area contributed by atoms with Crippen molar-refractivity contribution >= 4 is 29.0 Å². The second kappa shape index (κ2) is 10.4. The topological polar surface area (TPSA) is 46.0 Å². The minimum atomic E-state index is -0.289. The Labute approximate surface area is 180 Å². The van der Waals surface area contributed by atoms with Gasteiger partial charge in [-0.3, -0.25) is 0 Å². The molecule has 3 rings (SSSR count). The molecule has 29 heavy (non-hydrogen) atoms. The fourth-order valence-corrected chi connectivity index (χ4v) is 5.24. The standard InChI is InChI=1S/C23H35N3O2S/c1-4-28-22(27)18-9-11-19(12-10-18)24-23(29)26-15-13-20(14-16-26)25(3)21-8-6-5-7-17(21)2/h9-12,17,20-21H,4-8,13-16H2,1-3H3,(H,24,29)/p+1. The molecule has 0 bridgehead atoms. The quantitative estimate of drug-likeness (QED) is 0.568. The number of ether oxygens (including phenoxy) is 1. The van der Waals surface area contributed by atoms with Gasteiger partial charge in [0.15, 0.2) is 5.11 Å². The number of carbonyl (C=O) groups is 1. The average molecular weight is 419 g/mol. The number of nitrogens with zero attached hydrogens (tertiary/aromatic N) is 1. The number of piperidine rings is 1. The number of rotatable bonds is 5. The van der Waals surface area contributed by atoms with Crippen molar-refractivity contribution < 1.29 is 14.4 Å². The molecule has 1 aromatic carbocycles. The minimum Gasteiger partial charge on any atom is -0.462 e. The molecule has 1 aliphatic carbocycles. The van der Waals surface area contributed by atoms with E-state index in [1.165, 1.54) is 38.5 Å². The first-order valence-corrected chi connectivity index (χ1v) is 11.6. The van der Waals surface area contributed by atoms with Gasteiger partial charge in [0.05, 0.1) is 31.3 Å². The summed E-state index contributed by atoms with van der Waals surface area (Å²) in [6.45, 7) is 6.65. The SMILES string of the molecule is CCOC(=O)c1ccc(NC(=S)N2CCC([NH+](C)C3CCCCC3C)CC2)cc1. The van der Waals surface area contributed by atoms with Gasteiger partial charge in [-0.05, 0) is 62.7 Å². The zero-order valence-corrected chi connectivity index (χ0v) is 18.9. The Morgan fingerprint density at radius 1 is 1.17 bits per heavy atom. The van der Waals surface area contributed by atoms with Crippen LogP contribution < -0.4 is 10.2 Å². The zero-order chi connectivity index (χ0) is 20.8. The molecule has 1 aliphatic heterocycles. The van der Waals surface area contributed by atoms with E-state index < -0.39 is 0 Å². The highest BCUT2D eigenvalue weighted by Crippen LogP contribution is 2.23. The Morgan fingerprint density at radius 2 is 1.83 bits per heavy atom. The Hall–Kier alpha value is -1.66. The van der Waals surface area contributed by atoms with Gasteiger partial charge in [0.2, 0.25) is 0 Å². The van der Waals surface area contributed by atoms with Crippen molar-refractivity contribution in [2.24, 2.45) is 5.92 Å². The van der Waals surface area contributed by atoms with Gasteiger partial charge < -0.3 is 19.9 Å². The van der Waals surface area contributed by atoms with Gasteiger partial charge in [-0.15, -0.1) is 0 Å². The Morgan fingerprint density at radius 3 is 2.45 bits per heavy atom. The molecule has 0 aromatic heterocycles. The number of anilines is 1. The van der Waals surface area contributed by atoms with Crippen LogP contribution in [0.1, 0.15) is 62.7 Å². The van der Waals surface area contributed by atoms with Crippen LogP contribution >= 0.6 is 12.2 Å². The van der Waals surface area contributed by atoms with Crippen LogP contribution in [0.3, 0.4) is 0 Å². The molecule has 2 aliphatic rings. The van der Waals surface area contributed by atoms with Gasteiger partial charge in [0, 0.05) is 37.5 Å². The van der Waals surface area contributed by atoms with E-state index in [2.05, 4.69) is 24.2 Å². The third-order valence-electron chi connectivity index (χ3n) is 6.77. The van der Waals surface area contributed by atoms with Crippen LogP contribution in [0.4, 0.5) is 5.69 Å². The molecule has 2 N–H and O–H groups in total. The van der Waals surface area contributed by atoms with Crippen molar-refractivity contribution in [2.75, 3.05) is 32.1 Å². The molecule has 0 spiro atoms. The summed E-state index contributed by atoms with van der Waals surface area (Å²) in [5.74, 6) is 0.560. The highest BCUT2D eigenvalue weighted by molar-refractivity contribution is 7.80. The van der Waals surface area contributed by atoms with Gasteiger partial charge >= 0.3 is 5.97 Å². The molecule has 1 saturated carbocycles. The maximum absolute atomic E-state index is 11.8. The molecule has 2 fully saturated rings. The molecular formula is C23H36N3O2S+. The van der Waals surface area contributed by atoms with Crippen LogP contribution in [0.15, 0.2) is 24.3 Å². The van der Waals surface area contributed by atoms with E-state index >= 15 is 0 Å². The molecule has 0 amide bonds. The molecule has 1 saturated heterocycles. The Kier molecular flexibility index (Phi) is 7.90. The maximum Gasteiger partial charge on any atom is 0.338 e. The number of quaternary nitrogens is 1. The summed E-state index contributed by atoms with van der Waals surface area (Å²) in [4.78, 5) is 15.8. The molecule has 5 nitrogen and oxygen atoms in total. The summed E-state index contributed by atoms with van der Waals surface area (Å²) in [6, 6.07) is 8.88. The highest BCUT2D eigenvalue weighted by Gasteiger charge is 2.34. The predicted molar refractivity (Wildman–Crippen MR) is 122 cm³/mol. The number of benzene rings is 1. The van der Waals surface area contributed by atoms with Crippen LogP contribution in [-0.2, 0) is 4.74 Å². The fraction of sp³-hybridized carbons (Fsp3) is 0.652. The maximum atomic E-state index is 11.8. The van der Waals surface area contributed by atoms with Gasteiger partial charge in [-0.2, -0.15) is 0 Å². The van der Waals surface area contributed by atoms with Gasteiger partial charge in [0.1, 0.15) is 0 Å². The molecule has 1 heterocycles. The molecule has 160 valence electrons. The van der Waals surface area contributed by atoms with Gasteiger partial charge in [-0.25, -0.2) is 4.79 Å². The lowest BCUT2D eigenvalue weighted by atomic mass is 9.84. The number of esters is 1. The van der Waals surface area contributed by atoms with E-state index in [9.17, 15) is 4.79 Å². The summed E-state index contributed by atoms with van der Waals surface area (Å²) >= 11 is 5.65. The number of likely N-dealkylation sites (tertiary alicyclic amines) is 1. The number of thiocarbonyl (C=S) groups is 1. The second-order valence-corrected chi connectivity index (χ2v) is 8.99. The molecule has 3 atom stereocenters. The first-order chi connectivity index (χ1) is 14.0. The number of hydrogen-bond acceptors (Lipinski definition) is 3. The van der Waals surface area contributed by atoms with E-state index in [1.807, 2.05) is 19.1 Å². The molecule has 6 heteroatoms. The van der Waals surface area contributed by atoms with Gasteiger partial charge in [0.25, 0.3) is 0 Å². The minimum absolute atomic E-state index is 0.289. The summed E-state index contributed by atoms with van der Waals surface area (Å²) in [6.07, 6.45) is 7.97. The van der Waals surface area contributed by atoms with Crippen molar-refractivity contribution in [3.63, 3.8) is 0 Å². The van der Waals surface area contributed by atoms with Crippen LogP contribution in [0.5, 0.6) is 0 Å². The van der Waals surface area contributed by atoms with Crippen molar-refractivity contribution in [2.45, 2.75) is 64.5 Å². The smallest absolute Gasteiger partial charge is 0.338 e. The van der Waals surface area contributed by atoms with Crippen molar-refractivity contribution in [1.82, 2.24) is 4.90 Å². The highest BCUT2D eigenvalue weighted by atomic mass is 32.1. The number of hydrogen-bond donors (Lipinski definition) is 2. The van der Waals surface area contributed by atoms with Crippen LogP contribution in [0.25, 0.3) is 0 Å². The van der Waals surface area contributed by atoms with Crippen molar-refractivity contribution in [1.29, 1.82) is 0 Å². The van der Waals surface area contributed by atoms with E-state index in [4.69, 9.17) is 17.0 Å². The lowest BCUT2D eigenvalue weighted by molar-refractivity contribution is -0.937. The Balaban J connectivity index is 1.48. The lowest BCUT2D eigenvalue weighted by Crippen LogP contribution is -3.17. The molecular weight excluding hydrogens is 382 g/mol. The van der Waals surface area contributed by atoms with Crippen molar-refractivity contribution in [3.8, 4) is 0 Å². The third kappa shape index (κ3) is 5.70. The van der Waals surface area contributed by atoms with E-state index in [1.54, 1.807) is 17.0 Å². The van der Waals surface area contributed by atoms with Gasteiger partial charge in [-0.1, -0.05) is 13.3 Å². The largest absolute Gasteiger partial charge is 0.462 e. The lowest BCUT2D eigenvalue weighted by Gasteiger charge is -2.41. The van der Waals surface area contributed by atoms with Crippen LogP contribution in [-0.4, -0.2) is 54.8 Å². The fourth-order valence-electron chi connectivity index (χ4n) is 4.94. The van der Waals surface area contributed by atoms with Crippen molar-refractivity contribution in [3.05, 3.63) is 29.8 Å². The summed E-state index contributed by atoms with van der Waals surface area (Å²) < 4.78 is 5.03. The summed E-state index contributed by atoms with van der Waals surface area (Å²) in [5, 5.41) is 4.10. The van der Waals surface area contributed by atoms with Crippen LogP contribution in [0, 0.1) is 5.92 Å². The predicted octanol–water partition coefficient (Wildman–Crippen LogP) is 3.12. The molecule has 1 aromatic rings. The number of carbonyl (C=O) groups excluding carboxylic acids is 1. The normalized spacial score (nSPS) is 24.0. The first kappa shape index (κ1) is 22.0. The van der Waals surface area contributed by atoms with E-state index in [-0.39, 0.29) is 5.97 Å². The monoisotopic (exact) mass is 418 g/mol. The van der Waals surface area contributed by atoms with Crippen LogP contribution in [0.2, 0.25) is 0 Å². The molecule has 0 radical (unpaired) electrons. The zero-order valence-electron chi connectivity index (χ0n) is 18.1. The Bertz CT molecular complexity index is 686. The number of nitrogens with one attached hydrogen (secondary N) is 2.